The summed E-state index contributed by atoms with van der Waals surface area (Å²) >= 11 is 7.31. The van der Waals surface area contributed by atoms with Gasteiger partial charge in [0.2, 0.25) is 0 Å². The van der Waals surface area contributed by atoms with E-state index in [1.165, 1.54) is 11.3 Å². The topological polar surface area (TPSA) is 114 Å². The molecule has 9 nitrogen and oxygen atoms in total. The van der Waals surface area contributed by atoms with E-state index in [0.717, 1.165) is 61.4 Å². The first kappa shape index (κ1) is 31.1. The summed E-state index contributed by atoms with van der Waals surface area (Å²) in [4.78, 5) is 32.1. The van der Waals surface area contributed by atoms with Gasteiger partial charge in [-0.05, 0) is 66.9 Å². The second kappa shape index (κ2) is 14.9. The fourth-order valence-electron chi connectivity index (χ4n) is 5.43. The maximum atomic E-state index is 12.7. The van der Waals surface area contributed by atoms with Crippen molar-refractivity contribution in [1.29, 1.82) is 5.26 Å². The standard InChI is InChI=1S/C27H25ClN6OS.C6H10O2/c28-26-10-9-25(36-26)27(35)33-13-11-32(12-14-33)23-7-5-22(6-8-23)31-17-24-16-30-19-34(24)18-21-3-1-20(15-29)2-4-21;7-6(8)5-3-1-2-4-5/h1-10,16,19,31H,11-14,17-18H2;5H,1-4H2,(H,7,8). The van der Waals surface area contributed by atoms with E-state index in [0.29, 0.717) is 41.0 Å². The van der Waals surface area contributed by atoms with Crippen molar-refractivity contribution in [3.63, 3.8) is 0 Å². The number of imidazole rings is 1. The van der Waals surface area contributed by atoms with Gasteiger partial charge >= 0.3 is 5.97 Å². The predicted octanol–water partition coefficient (Wildman–Crippen LogP) is 6.35. The van der Waals surface area contributed by atoms with Crippen molar-refractivity contribution in [2.75, 3.05) is 36.4 Å². The number of halogens is 1. The van der Waals surface area contributed by atoms with Crippen LogP contribution in [0.5, 0.6) is 0 Å². The van der Waals surface area contributed by atoms with Gasteiger partial charge in [0, 0.05) is 50.3 Å². The van der Waals surface area contributed by atoms with Crippen LogP contribution < -0.4 is 10.2 Å². The molecule has 228 valence electrons. The number of benzene rings is 2. The van der Waals surface area contributed by atoms with E-state index in [9.17, 15) is 9.59 Å². The number of rotatable bonds is 8. The van der Waals surface area contributed by atoms with Gasteiger partial charge in [-0.2, -0.15) is 5.26 Å². The Kier molecular flexibility index (Phi) is 10.5. The number of amides is 1. The van der Waals surface area contributed by atoms with Gasteiger partial charge < -0.3 is 24.8 Å². The maximum Gasteiger partial charge on any atom is 0.306 e. The van der Waals surface area contributed by atoms with Crippen LogP contribution in [0, 0.1) is 17.2 Å². The fourth-order valence-corrected chi connectivity index (χ4v) is 6.44. The number of nitrogens with zero attached hydrogens (tertiary/aromatic N) is 5. The average Bonchev–Trinajstić information content (AvgIpc) is 3.84. The number of carboxylic acids is 1. The minimum atomic E-state index is -0.609. The number of carbonyl (C=O) groups excluding carboxylic acids is 1. The summed E-state index contributed by atoms with van der Waals surface area (Å²) in [6.45, 7) is 4.34. The number of aliphatic carboxylic acids is 1. The molecular formula is C33H35ClN6O3S. The van der Waals surface area contributed by atoms with Gasteiger partial charge in [-0.1, -0.05) is 36.6 Å². The van der Waals surface area contributed by atoms with Crippen molar-refractivity contribution in [2.24, 2.45) is 5.92 Å². The minimum absolute atomic E-state index is 0.0185. The number of piperazine rings is 1. The highest BCUT2D eigenvalue weighted by molar-refractivity contribution is 7.17. The van der Waals surface area contributed by atoms with Gasteiger partial charge in [-0.25, -0.2) is 4.98 Å². The Morgan fingerprint density at radius 3 is 2.30 bits per heavy atom. The zero-order chi connectivity index (χ0) is 30.9. The molecule has 2 aromatic carbocycles. The molecule has 4 aromatic rings. The molecule has 0 bridgehead atoms. The van der Waals surface area contributed by atoms with Crippen molar-refractivity contribution in [1.82, 2.24) is 14.5 Å². The van der Waals surface area contributed by atoms with Crippen LogP contribution in [-0.2, 0) is 17.9 Å². The van der Waals surface area contributed by atoms with E-state index >= 15 is 0 Å². The van der Waals surface area contributed by atoms with Crippen LogP contribution >= 0.6 is 22.9 Å². The highest BCUT2D eigenvalue weighted by Gasteiger charge is 2.23. The maximum absolute atomic E-state index is 12.7. The van der Waals surface area contributed by atoms with Crippen molar-refractivity contribution in [2.45, 2.75) is 38.8 Å². The molecule has 2 N–H and O–H groups in total. The van der Waals surface area contributed by atoms with Crippen molar-refractivity contribution in [3.8, 4) is 6.07 Å². The summed E-state index contributed by atoms with van der Waals surface area (Å²) < 4.78 is 2.75. The van der Waals surface area contributed by atoms with Gasteiger partial charge in [0.25, 0.3) is 5.91 Å². The first-order valence-corrected chi connectivity index (χ1v) is 15.9. The van der Waals surface area contributed by atoms with Gasteiger partial charge in [0.15, 0.2) is 0 Å². The SMILES string of the molecule is N#Cc1ccc(Cn2cncc2CNc2ccc(N3CCN(C(=O)c4ccc(Cl)s4)CC3)cc2)cc1.O=C(O)C1CCCC1. The number of thiophene rings is 1. The van der Waals surface area contributed by atoms with E-state index in [1.807, 2.05) is 41.7 Å². The van der Waals surface area contributed by atoms with Crippen molar-refractivity contribution < 1.29 is 14.7 Å². The second-order valence-electron chi connectivity index (χ2n) is 10.9. The van der Waals surface area contributed by atoms with Crippen molar-refractivity contribution in [3.05, 3.63) is 99.2 Å². The Hall–Kier alpha value is -4.33. The summed E-state index contributed by atoms with van der Waals surface area (Å²) in [7, 11) is 0. The number of hydrogen-bond donors (Lipinski definition) is 2. The zero-order valence-corrected chi connectivity index (χ0v) is 25.9. The number of hydrogen-bond acceptors (Lipinski definition) is 7. The van der Waals surface area contributed by atoms with Crippen LogP contribution in [0.25, 0.3) is 0 Å². The number of nitrogens with one attached hydrogen (secondary N) is 1. The van der Waals surface area contributed by atoms with E-state index in [1.54, 1.807) is 12.1 Å². The molecule has 11 heteroatoms. The molecule has 0 radical (unpaired) electrons. The summed E-state index contributed by atoms with van der Waals surface area (Å²) in [5, 5.41) is 20.9. The highest BCUT2D eigenvalue weighted by Crippen LogP contribution is 2.25. The molecule has 2 fully saturated rings. The monoisotopic (exact) mass is 630 g/mol. The van der Waals surface area contributed by atoms with Gasteiger partial charge in [0.1, 0.15) is 0 Å². The number of carboxylic acid groups (broad SMARTS) is 1. The lowest BCUT2D eigenvalue weighted by Gasteiger charge is -2.36. The molecule has 2 aromatic heterocycles. The number of anilines is 2. The van der Waals surface area contributed by atoms with Crippen LogP contribution in [-0.4, -0.2) is 57.6 Å². The van der Waals surface area contributed by atoms with Gasteiger partial charge in [-0.3, -0.25) is 9.59 Å². The largest absolute Gasteiger partial charge is 0.481 e. The lowest BCUT2D eigenvalue weighted by molar-refractivity contribution is -0.141. The average molecular weight is 631 g/mol. The molecule has 1 saturated heterocycles. The second-order valence-corrected chi connectivity index (χ2v) is 12.6. The Morgan fingerprint density at radius 1 is 1.00 bits per heavy atom. The highest BCUT2D eigenvalue weighted by atomic mass is 35.5. The zero-order valence-electron chi connectivity index (χ0n) is 24.4. The van der Waals surface area contributed by atoms with Crippen molar-refractivity contribution >= 4 is 46.2 Å². The van der Waals surface area contributed by atoms with Crippen LogP contribution in [0.2, 0.25) is 4.34 Å². The third-order valence-corrected chi connectivity index (χ3v) is 9.21. The van der Waals surface area contributed by atoms with Gasteiger partial charge in [-0.15, -0.1) is 11.3 Å². The summed E-state index contributed by atoms with van der Waals surface area (Å²) in [6, 6.07) is 21.7. The van der Waals surface area contributed by atoms with Crippen LogP contribution in [0.4, 0.5) is 11.4 Å². The molecule has 0 unspecified atom stereocenters. The van der Waals surface area contributed by atoms with Crippen LogP contribution in [0.1, 0.15) is 52.2 Å². The molecule has 1 aliphatic carbocycles. The summed E-state index contributed by atoms with van der Waals surface area (Å²) in [5.74, 6) is -0.568. The minimum Gasteiger partial charge on any atom is -0.481 e. The molecule has 1 aliphatic heterocycles. The first-order chi connectivity index (χ1) is 21.4. The van der Waals surface area contributed by atoms with E-state index in [-0.39, 0.29) is 11.8 Å². The van der Waals surface area contributed by atoms with E-state index in [2.05, 4.69) is 50.1 Å². The lowest BCUT2D eigenvalue weighted by atomic mass is 10.1. The first-order valence-electron chi connectivity index (χ1n) is 14.7. The number of aromatic nitrogens is 2. The molecule has 3 heterocycles. The smallest absolute Gasteiger partial charge is 0.306 e. The normalized spacial score (nSPS) is 14.9. The third-order valence-electron chi connectivity index (χ3n) is 8.00. The quantitative estimate of drug-likeness (QED) is 0.233. The number of nitriles is 1. The summed E-state index contributed by atoms with van der Waals surface area (Å²) in [6.07, 6.45) is 7.71. The van der Waals surface area contributed by atoms with Crippen LogP contribution in [0.15, 0.2) is 73.2 Å². The lowest BCUT2D eigenvalue weighted by Crippen LogP contribution is -2.48. The molecule has 0 spiro atoms. The molecule has 2 aliphatic rings. The fraction of sp³-hybridized carbons (Fsp3) is 0.333. The molecule has 1 saturated carbocycles. The third kappa shape index (κ3) is 8.18. The molecule has 44 heavy (non-hydrogen) atoms. The molecule has 0 atom stereocenters. The Morgan fingerprint density at radius 2 is 1.70 bits per heavy atom. The molecule has 6 rings (SSSR count). The number of carbonyl (C=O) groups is 2. The molecular weight excluding hydrogens is 596 g/mol. The van der Waals surface area contributed by atoms with E-state index < -0.39 is 5.97 Å². The van der Waals surface area contributed by atoms with Crippen LogP contribution in [0.3, 0.4) is 0 Å². The Labute approximate surface area is 266 Å². The Bertz CT molecular complexity index is 1580. The molecule has 1 amide bonds. The van der Waals surface area contributed by atoms with E-state index in [4.69, 9.17) is 22.0 Å². The predicted molar refractivity (Wildman–Crippen MR) is 173 cm³/mol. The van der Waals surface area contributed by atoms with Gasteiger partial charge in [0.05, 0.1) is 45.3 Å². The Balaban J connectivity index is 0.000000418. The summed E-state index contributed by atoms with van der Waals surface area (Å²) in [5.41, 5.74) is 5.05.